The summed E-state index contributed by atoms with van der Waals surface area (Å²) in [6.07, 6.45) is 1.79. The average molecular weight is 523 g/mol. The smallest absolute Gasteiger partial charge is 0.271 e. The zero-order chi connectivity index (χ0) is 27.9. The zero-order valence-electron chi connectivity index (χ0n) is 22.4. The van der Waals surface area contributed by atoms with Crippen molar-refractivity contribution in [2.75, 3.05) is 0 Å². The van der Waals surface area contributed by atoms with Crippen molar-refractivity contribution in [1.82, 2.24) is 20.8 Å². The Hall–Kier alpha value is -3.40. The number of benzene rings is 2. The molecule has 1 aromatic heterocycles. The topological polar surface area (TPSA) is 145 Å². The lowest BCUT2D eigenvalue weighted by molar-refractivity contribution is -0.135. The molecular formula is C29H38N4O5. The number of hydroxylamine groups is 1. The van der Waals surface area contributed by atoms with Gasteiger partial charge in [-0.1, -0.05) is 56.7 Å². The summed E-state index contributed by atoms with van der Waals surface area (Å²) in [6.45, 7) is 7.44. The van der Waals surface area contributed by atoms with Gasteiger partial charge in [-0.2, -0.15) is 0 Å². The van der Waals surface area contributed by atoms with E-state index in [0.717, 1.165) is 12.0 Å². The molecule has 5 N–H and O–H groups in total. The fourth-order valence-corrected chi connectivity index (χ4v) is 4.36. The molecule has 0 aliphatic heterocycles. The molecule has 0 spiro atoms. The van der Waals surface area contributed by atoms with Crippen molar-refractivity contribution in [2.45, 2.75) is 71.1 Å². The van der Waals surface area contributed by atoms with Crippen LogP contribution in [-0.4, -0.2) is 49.3 Å². The van der Waals surface area contributed by atoms with Crippen molar-refractivity contribution in [1.29, 1.82) is 0 Å². The summed E-state index contributed by atoms with van der Waals surface area (Å²) in [4.78, 5) is 34.3. The summed E-state index contributed by atoms with van der Waals surface area (Å²) in [5.41, 5.74) is 3.48. The first-order valence-electron chi connectivity index (χ1n) is 12.9. The van der Waals surface area contributed by atoms with Gasteiger partial charge < -0.3 is 15.5 Å². The van der Waals surface area contributed by atoms with Gasteiger partial charge in [0.05, 0.1) is 35.0 Å². The molecule has 0 aliphatic rings. The Kier molecular flexibility index (Phi) is 9.90. The van der Waals surface area contributed by atoms with Crippen molar-refractivity contribution in [3.63, 3.8) is 0 Å². The molecule has 9 heteroatoms. The molecule has 0 saturated heterocycles. The van der Waals surface area contributed by atoms with E-state index < -0.39 is 35.5 Å². The lowest BCUT2D eigenvalue weighted by atomic mass is 9.87. The highest BCUT2D eigenvalue weighted by molar-refractivity contribution is 5.94. The normalized spacial score (nSPS) is 14.2. The van der Waals surface area contributed by atoms with Crippen LogP contribution in [0.1, 0.15) is 68.6 Å². The maximum absolute atomic E-state index is 13.2. The molecule has 204 valence electrons. The van der Waals surface area contributed by atoms with Gasteiger partial charge in [-0.3, -0.25) is 19.8 Å². The average Bonchev–Trinajstić information content (AvgIpc) is 2.89. The number of aliphatic hydroxyl groups excluding tert-OH is 1. The van der Waals surface area contributed by atoms with Crippen LogP contribution in [0.4, 0.5) is 0 Å². The summed E-state index contributed by atoms with van der Waals surface area (Å²) in [7, 11) is 0. The van der Waals surface area contributed by atoms with Crippen LogP contribution in [0.3, 0.4) is 0 Å². The minimum absolute atomic E-state index is 0.0403. The second kappa shape index (κ2) is 12.9. The predicted molar refractivity (Wildman–Crippen MR) is 144 cm³/mol. The number of fused-ring (bicyclic) bond motifs is 1. The van der Waals surface area contributed by atoms with E-state index in [4.69, 9.17) is 0 Å². The van der Waals surface area contributed by atoms with Crippen LogP contribution in [0.5, 0.6) is 0 Å². The van der Waals surface area contributed by atoms with E-state index in [9.17, 15) is 25.0 Å². The fourth-order valence-electron chi connectivity index (χ4n) is 4.36. The van der Waals surface area contributed by atoms with Gasteiger partial charge in [-0.15, -0.1) is 0 Å². The van der Waals surface area contributed by atoms with Crippen LogP contribution in [0.15, 0.2) is 54.7 Å². The standard InChI is InChI=1S/C29H38N4O5/c1-18(2)12-13-20(27(35)33-38)16-26(34)24(15-19-8-7-9-21(14-19)29(3,4)37)32-28(36)25-17-30-22-10-5-6-11-23(22)31-25/h5-11,14,17-18,20,24,26,34,37-38H,12-13,15-16H2,1-4H3,(H,32,36)(H,33,35). The van der Waals surface area contributed by atoms with Gasteiger partial charge in [0.15, 0.2) is 0 Å². The van der Waals surface area contributed by atoms with Crippen LogP contribution in [0.25, 0.3) is 11.0 Å². The first-order chi connectivity index (χ1) is 18.0. The number of nitrogens with one attached hydrogen (secondary N) is 2. The van der Waals surface area contributed by atoms with Crippen molar-refractivity contribution in [2.24, 2.45) is 11.8 Å². The number of aliphatic hydroxyl groups is 2. The van der Waals surface area contributed by atoms with Gasteiger partial charge in [-0.05, 0) is 62.3 Å². The van der Waals surface area contributed by atoms with Crippen molar-refractivity contribution in [3.8, 4) is 0 Å². The number of hydrogen-bond donors (Lipinski definition) is 5. The second-order valence-electron chi connectivity index (χ2n) is 10.7. The molecule has 2 amide bonds. The Morgan fingerprint density at radius 1 is 1.03 bits per heavy atom. The highest BCUT2D eigenvalue weighted by Gasteiger charge is 2.29. The second-order valence-corrected chi connectivity index (χ2v) is 10.7. The number of amides is 2. The minimum atomic E-state index is -1.10. The maximum atomic E-state index is 13.2. The summed E-state index contributed by atoms with van der Waals surface area (Å²) in [5.74, 6) is -1.37. The molecule has 0 fully saturated rings. The van der Waals surface area contributed by atoms with Crippen LogP contribution in [0.2, 0.25) is 0 Å². The van der Waals surface area contributed by atoms with E-state index in [-0.39, 0.29) is 18.5 Å². The fraction of sp³-hybridized carbons (Fsp3) is 0.448. The number of aromatic nitrogens is 2. The van der Waals surface area contributed by atoms with Crippen LogP contribution in [0, 0.1) is 11.8 Å². The third kappa shape index (κ3) is 8.05. The van der Waals surface area contributed by atoms with Crippen molar-refractivity contribution in [3.05, 3.63) is 71.5 Å². The lowest BCUT2D eigenvalue weighted by Crippen LogP contribution is -2.47. The molecule has 38 heavy (non-hydrogen) atoms. The van der Waals surface area contributed by atoms with E-state index in [1.54, 1.807) is 31.5 Å². The third-order valence-electron chi connectivity index (χ3n) is 6.65. The highest BCUT2D eigenvalue weighted by Crippen LogP contribution is 2.24. The SMILES string of the molecule is CC(C)CCC(CC(O)C(Cc1cccc(C(C)(C)O)c1)NC(=O)c1cnc2ccccc2n1)C(=O)NO. The van der Waals surface area contributed by atoms with Crippen LogP contribution in [-0.2, 0) is 16.8 Å². The van der Waals surface area contributed by atoms with Gasteiger partial charge in [-0.25, -0.2) is 10.5 Å². The van der Waals surface area contributed by atoms with Crippen molar-refractivity contribution >= 4 is 22.8 Å². The third-order valence-corrected chi connectivity index (χ3v) is 6.65. The molecule has 2 aromatic carbocycles. The Morgan fingerprint density at radius 2 is 1.74 bits per heavy atom. The summed E-state index contributed by atoms with van der Waals surface area (Å²) in [5, 5.41) is 33.9. The number of nitrogens with zero attached hydrogens (tertiary/aromatic N) is 2. The molecule has 3 atom stereocenters. The summed E-state index contributed by atoms with van der Waals surface area (Å²) in [6, 6.07) is 13.7. The largest absolute Gasteiger partial charge is 0.391 e. The van der Waals surface area contributed by atoms with Crippen molar-refractivity contribution < 1.29 is 25.0 Å². The first-order valence-corrected chi connectivity index (χ1v) is 12.9. The van der Waals surface area contributed by atoms with Gasteiger partial charge >= 0.3 is 0 Å². The predicted octanol–water partition coefficient (Wildman–Crippen LogP) is 3.51. The summed E-state index contributed by atoms with van der Waals surface area (Å²) >= 11 is 0. The number of carbonyl (C=O) groups excluding carboxylic acids is 2. The van der Waals surface area contributed by atoms with Gasteiger partial charge in [0.25, 0.3) is 5.91 Å². The molecule has 1 heterocycles. The number of rotatable bonds is 12. The van der Waals surface area contributed by atoms with E-state index in [2.05, 4.69) is 15.3 Å². The maximum Gasteiger partial charge on any atom is 0.271 e. The van der Waals surface area contributed by atoms with Crippen LogP contribution < -0.4 is 10.8 Å². The molecule has 0 bridgehead atoms. The molecule has 3 rings (SSSR count). The number of carbonyl (C=O) groups is 2. The van der Waals surface area contributed by atoms with E-state index in [0.29, 0.717) is 28.9 Å². The zero-order valence-corrected chi connectivity index (χ0v) is 22.4. The highest BCUT2D eigenvalue weighted by atomic mass is 16.5. The molecule has 0 aliphatic carbocycles. The Labute approximate surface area is 223 Å². The summed E-state index contributed by atoms with van der Waals surface area (Å²) < 4.78 is 0. The quantitative estimate of drug-likeness (QED) is 0.181. The Balaban J connectivity index is 1.87. The van der Waals surface area contributed by atoms with Gasteiger partial charge in [0, 0.05) is 5.92 Å². The molecular weight excluding hydrogens is 484 g/mol. The number of para-hydroxylation sites is 2. The van der Waals surface area contributed by atoms with E-state index >= 15 is 0 Å². The minimum Gasteiger partial charge on any atom is -0.391 e. The van der Waals surface area contributed by atoms with E-state index in [1.807, 2.05) is 50.2 Å². The first kappa shape index (κ1) is 29.2. The molecule has 0 radical (unpaired) electrons. The van der Waals surface area contributed by atoms with Crippen LogP contribution >= 0.6 is 0 Å². The molecule has 3 unspecified atom stereocenters. The monoisotopic (exact) mass is 522 g/mol. The number of hydrogen-bond acceptors (Lipinski definition) is 7. The Bertz CT molecular complexity index is 1240. The Morgan fingerprint density at radius 3 is 2.39 bits per heavy atom. The lowest BCUT2D eigenvalue weighted by Gasteiger charge is -2.28. The molecule has 0 saturated carbocycles. The van der Waals surface area contributed by atoms with Gasteiger partial charge in [0.1, 0.15) is 5.69 Å². The molecule has 9 nitrogen and oxygen atoms in total. The van der Waals surface area contributed by atoms with E-state index in [1.165, 1.54) is 6.20 Å². The van der Waals surface area contributed by atoms with Gasteiger partial charge in [0.2, 0.25) is 5.91 Å². The molecule has 3 aromatic rings.